The number of unbranched alkanes of at least 4 members (excludes halogenated alkanes) is 19. The molecular formula is C47H78BN. The topological polar surface area (TPSA) is 3.88 Å². The Morgan fingerprint density at radius 1 is 0.388 bits per heavy atom. The lowest BCUT2D eigenvalue weighted by Gasteiger charge is -2.43. The van der Waals surface area contributed by atoms with Crippen molar-refractivity contribution in [2.75, 3.05) is 0 Å². The Bertz CT molecular complexity index is 1070. The van der Waals surface area contributed by atoms with Crippen molar-refractivity contribution >= 4 is 17.1 Å². The number of aromatic nitrogens is 1. The first-order valence-electron chi connectivity index (χ1n) is 21.3. The van der Waals surface area contributed by atoms with Crippen molar-refractivity contribution in [3.63, 3.8) is 0 Å². The standard InChI is InChI=1S/C38H64B.C9H14N/c1-5-7-9-11-13-15-17-19-21-23-33-39(37-29-25-35(3)26-30-37,38-31-27-36(4)28-32-38)34-24-22-20-18-16-14-12-10-8-6-2;1-2-3-7-10-8-5-4-6-9-10/h25-32H,5-24,33-34H2,1-4H3;4-6,8-9H,2-3,7H2,1H3/q-1;+1. The first kappa shape index (κ1) is 42.8. The number of nitrogens with zero attached hydrogens (tertiary/aromatic N) is 1. The molecule has 0 saturated carbocycles. The second-order valence-corrected chi connectivity index (χ2v) is 15.5. The second-order valence-electron chi connectivity index (χ2n) is 15.5. The molecule has 1 aromatic heterocycles. The van der Waals surface area contributed by atoms with Gasteiger partial charge in [0, 0.05) is 18.6 Å². The van der Waals surface area contributed by atoms with E-state index < -0.39 is 6.15 Å². The van der Waals surface area contributed by atoms with Crippen molar-refractivity contribution in [3.05, 3.63) is 90.3 Å². The zero-order chi connectivity index (χ0) is 35.3. The molecule has 0 fully saturated rings. The van der Waals surface area contributed by atoms with Crippen LogP contribution in [0.1, 0.15) is 173 Å². The second kappa shape index (κ2) is 28.4. The van der Waals surface area contributed by atoms with Crippen molar-refractivity contribution < 1.29 is 4.57 Å². The molecule has 0 bridgehead atoms. The van der Waals surface area contributed by atoms with Crippen LogP contribution in [0.2, 0.25) is 12.6 Å². The van der Waals surface area contributed by atoms with Gasteiger partial charge in [0.2, 0.25) is 0 Å². The first-order valence-corrected chi connectivity index (χ1v) is 21.3. The Balaban J connectivity index is 0.000000709. The summed E-state index contributed by atoms with van der Waals surface area (Å²) < 4.78 is 2.21. The van der Waals surface area contributed by atoms with Gasteiger partial charge in [0.15, 0.2) is 12.4 Å². The number of hydrogen-bond acceptors (Lipinski definition) is 0. The van der Waals surface area contributed by atoms with Crippen molar-refractivity contribution in [1.82, 2.24) is 0 Å². The zero-order valence-electron chi connectivity index (χ0n) is 33.2. The predicted octanol–water partition coefficient (Wildman–Crippen LogP) is 13.5. The van der Waals surface area contributed by atoms with E-state index in [0.29, 0.717) is 0 Å². The Kier molecular flexibility index (Phi) is 24.8. The maximum atomic E-state index is 2.47. The highest BCUT2D eigenvalue weighted by Crippen LogP contribution is 2.25. The molecule has 0 aliphatic heterocycles. The molecular weight excluding hydrogens is 589 g/mol. The van der Waals surface area contributed by atoms with Gasteiger partial charge in [0.1, 0.15) is 6.54 Å². The summed E-state index contributed by atoms with van der Waals surface area (Å²) in [6.45, 7) is 12.4. The van der Waals surface area contributed by atoms with E-state index in [1.165, 1.54) is 165 Å². The number of rotatable bonds is 27. The first-order chi connectivity index (χ1) is 24.1. The normalized spacial score (nSPS) is 11.4. The fourth-order valence-electron chi connectivity index (χ4n) is 7.76. The number of aryl methyl sites for hydroxylation is 3. The molecule has 1 heterocycles. The number of benzene rings is 2. The van der Waals surface area contributed by atoms with Crippen LogP contribution in [0.15, 0.2) is 79.1 Å². The maximum Gasteiger partial charge on any atom is 0.168 e. The molecule has 0 unspecified atom stereocenters. The van der Waals surface area contributed by atoms with Crippen LogP contribution in [0.25, 0.3) is 0 Å². The predicted molar refractivity (Wildman–Crippen MR) is 222 cm³/mol. The third kappa shape index (κ3) is 19.0. The minimum atomic E-state index is -0.713. The van der Waals surface area contributed by atoms with Gasteiger partial charge in [-0.3, -0.25) is 0 Å². The Morgan fingerprint density at radius 3 is 1.06 bits per heavy atom. The van der Waals surface area contributed by atoms with Gasteiger partial charge in [-0.25, -0.2) is 15.5 Å². The van der Waals surface area contributed by atoms with Crippen LogP contribution in [0.5, 0.6) is 0 Å². The molecule has 2 aromatic carbocycles. The SMILES string of the molecule is CCCCCCCCCCCC[B-](CCCCCCCCCCCC)(c1ccc(C)cc1)c1ccc(C)cc1.CCCC[n+]1ccccc1. The Labute approximate surface area is 306 Å². The lowest BCUT2D eigenvalue weighted by molar-refractivity contribution is -0.697. The van der Waals surface area contributed by atoms with Crippen molar-refractivity contribution in [3.8, 4) is 0 Å². The van der Waals surface area contributed by atoms with Gasteiger partial charge in [-0.05, 0) is 13.8 Å². The maximum absolute atomic E-state index is 2.47. The summed E-state index contributed by atoms with van der Waals surface area (Å²) in [7, 11) is 0. The van der Waals surface area contributed by atoms with E-state index in [9.17, 15) is 0 Å². The fourth-order valence-corrected chi connectivity index (χ4v) is 7.76. The highest BCUT2D eigenvalue weighted by molar-refractivity contribution is 7.02. The van der Waals surface area contributed by atoms with Gasteiger partial charge in [-0.2, -0.15) is 12.6 Å². The summed E-state index contributed by atoms with van der Waals surface area (Å²) in [5, 5.41) is 0. The van der Waals surface area contributed by atoms with Crippen LogP contribution in [-0.2, 0) is 6.54 Å². The molecule has 274 valence electrons. The van der Waals surface area contributed by atoms with Crippen LogP contribution < -0.4 is 15.5 Å². The number of hydrogen-bond donors (Lipinski definition) is 0. The van der Waals surface area contributed by atoms with Crippen LogP contribution >= 0.6 is 0 Å². The van der Waals surface area contributed by atoms with Crippen LogP contribution in [0, 0.1) is 13.8 Å². The van der Waals surface area contributed by atoms with Crippen LogP contribution in [0.4, 0.5) is 0 Å². The minimum Gasteiger partial charge on any atom is -0.205 e. The Morgan fingerprint density at radius 2 is 0.714 bits per heavy atom. The molecule has 0 N–H and O–H groups in total. The molecule has 0 spiro atoms. The Hall–Kier alpha value is -2.35. The number of pyridine rings is 1. The van der Waals surface area contributed by atoms with E-state index in [2.05, 4.69) is 112 Å². The molecule has 49 heavy (non-hydrogen) atoms. The highest BCUT2D eigenvalue weighted by Gasteiger charge is 2.27. The van der Waals surface area contributed by atoms with E-state index in [-0.39, 0.29) is 0 Å². The molecule has 0 saturated heterocycles. The summed E-state index contributed by atoms with van der Waals surface area (Å²) in [5.41, 5.74) is 5.98. The minimum absolute atomic E-state index is 0.713. The van der Waals surface area contributed by atoms with E-state index in [1.54, 1.807) is 10.9 Å². The lowest BCUT2D eigenvalue weighted by Crippen LogP contribution is -2.58. The van der Waals surface area contributed by atoms with E-state index >= 15 is 0 Å². The summed E-state index contributed by atoms with van der Waals surface area (Å²) in [5.74, 6) is 0. The van der Waals surface area contributed by atoms with Crippen LogP contribution in [0.3, 0.4) is 0 Å². The molecule has 0 aliphatic rings. The van der Waals surface area contributed by atoms with Crippen molar-refractivity contribution in [2.24, 2.45) is 0 Å². The third-order valence-electron chi connectivity index (χ3n) is 11.1. The average molecular weight is 668 g/mol. The average Bonchev–Trinajstić information content (AvgIpc) is 3.13. The van der Waals surface area contributed by atoms with Gasteiger partial charge in [-0.1, -0.05) is 221 Å². The monoisotopic (exact) mass is 668 g/mol. The van der Waals surface area contributed by atoms with E-state index in [4.69, 9.17) is 0 Å². The van der Waals surface area contributed by atoms with Gasteiger partial charge in [0.05, 0.1) is 6.15 Å². The molecule has 0 amide bonds. The zero-order valence-corrected chi connectivity index (χ0v) is 33.2. The summed E-state index contributed by atoms with van der Waals surface area (Å²) in [6.07, 6.45) is 37.0. The van der Waals surface area contributed by atoms with E-state index in [0.717, 1.165) is 6.54 Å². The summed E-state index contributed by atoms with van der Waals surface area (Å²) in [6, 6.07) is 25.5. The lowest BCUT2D eigenvalue weighted by atomic mass is 9.15. The molecule has 0 atom stereocenters. The van der Waals surface area contributed by atoms with Crippen molar-refractivity contribution in [1.29, 1.82) is 0 Å². The van der Waals surface area contributed by atoms with Crippen LogP contribution in [-0.4, -0.2) is 6.15 Å². The summed E-state index contributed by atoms with van der Waals surface area (Å²) in [4.78, 5) is 0. The fraction of sp³-hybridized carbons (Fsp3) is 0.638. The molecule has 0 radical (unpaired) electrons. The molecule has 0 aliphatic carbocycles. The highest BCUT2D eigenvalue weighted by atomic mass is 14.9. The third-order valence-corrected chi connectivity index (χ3v) is 11.1. The molecule has 1 nitrogen and oxygen atoms in total. The quantitative estimate of drug-likeness (QED) is 0.0433. The van der Waals surface area contributed by atoms with Gasteiger partial charge >= 0.3 is 0 Å². The molecule has 3 rings (SSSR count). The molecule has 3 aromatic rings. The van der Waals surface area contributed by atoms with Gasteiger partial charge in [0.25, 0.3) is 0 Å². The van der Waals surface area contributed by atoms with Gasteiger partial charge in [-0.15, -0.1) is 0 Å². The molecule has 2 heteroatoms. The summed E-state index contributed by atoms with van der Waals surface area (Å²) >= 11 is 0. The largest absolute Gasteiger partial charge is 0.205 e. The van der Waals surface area contributed by atoms with Gasteiger partial charge < -0.3 is 0 Å². The smallest absolute Gasteiger partial charge is 0.168 e. The van der Waals surface area contributed by atoms with E-state index in [1.807, 2.05) is 6.07 Å². The van der Waals surface area contributed by atoms with Crippen molar-refractivity contribution in [2.45, 2.75) is 195 Å².